The van der Waals surface area contributed by atoms with Crippen LogP contribution in [0.1, 0.15) is 0 Å². The van der Waals surface area contributed by atoms with Crippen LogP contribution in [0.2, 0.25) is 5.02 Å². The molecule has 1 aromatic rings. The summed E-state index contributed by atoms with van der Waals surface area (Å²) in [6, 6.07) is 5.97. The van der Waals surface area contributed by atoms with E-state index in [2.05, 4.69) is 0 Å². The van der Waals surface area contributed by atoms with Gasteiger partial charge in [-0.05, 0) is 22.8 Å². The van der Waals surface area contributed by atoms with E-state index >= 15 is 0 Å². The van der Waals surface area contributed by atoms with Crippen molar-refractivity contribution in [2.45, 2.75) is 4.90 Å². The van der Waals surface area contributed by atoms with E-state index in [1.807, 2.05) is 0 Å². The van der Waals surface area contributed by atoms with E-state index in [1.165, 1.54) is 24.3 Å². The van der Waals surface area contributed by atoms with Gasteiger partial charge in [-0.1, -0.05) is 28.6 Å². The van der Waals surface area contributed by atoms with Crippen molar-refractivity contribution >= 4 is 22.3 Å². The minimum absolute atomic E-state index is 0. The van der Waals surface area contributed by atoms with Crippen molar-refractivity contribution < 1.29 is 59.8 Å². The Morgan fingerprint density at radius 3 is 1.91 bits per heavy atom. The Hall–Kier alpha value is 1.10. The summed E-state index contributed by atoms with van der Waals surface area (Å²) in [4.78, 5) is 0.254. The summed E-state index contributed by atoms with van der Waals surface area (Å²) in [6.45, 7) is 0. The molecule has 0 saturated carbocycles. The Morgan fingerprint density at radius 1 is 1.09 bits per heavy atom. The van der Waals surface area contributed by atoms with Crippen LogP contribution in [-0.2, 0) is 19.1 Å². The van der Waals surface area contributed by atoms with Crippen LogP contribution in [0.15, 0.2) is 29.2 Å². The van der Waals surface area contributed by atoms with Gasteiger partial charge in [0.25, 0.3) is 0 Å². The van der Waals surface area contributed by atoms with Crippen LogP contribution in [-0.4, -0.2) is 0 Å². The second-order valence-electron chi connectivity index (χ2n) is 1.69. The van der Waals surface area contributed by atoms with Crippen molar-refractivity contribution in [3.63, 3.8) is 0 Å². The second-order valence-corrected chi connectivity index (χ2v) is 3.07. The molecule has 1 aromatic carbocycles. The minimum atomic E-state index is -2.15. The van der Waals surface area contributed by atoms with Gasteiger partial charge in [-0.3, -0.25) is 0 Å². The first kappa shape index (κ1) is 12.1. The molecule has 2 nitrogen and oxygen atoms in total. The van der Waals surface area contributed by atoms with E-state index in [0.29, 0.717) is 5.02 Å². The molecule has 0 aliphatic carbocycles. The first-order valence-electron chi connectivity index (χ1n) is 2.55. The van der Waals surface area contributed by atoms with Gasteiger partial charge in [-0.25, -0.2) is 0 Å². The van der Waals surface area contributed by atoms with Gasteiger partial charge >= 0.3 is 51.4 Å². The average Bonchev–Trinajstić information content (AvgIpc) is 1.88. The summed E-state index contributed by atoms with van der Waals surface area (Å²) in [5, 5.41) is 0.536. The number of rotatable bonds is 1. The van der Waals surface area contributed by atoms with Gasteiger partial charge in [0.15, 0.2) is 0 Å². The number of halogens is 1. The number of hydrogen-bond acceptors (Lipinski definition) is 3. The first-order chi connectivity index (χ1) is 4.70. The van der Waals surface area contributed by atoms with E-state index < -0.39 is 10.7 Å². The third kappa shape index (κ3) is 4.03. The van der Waals surface area contributed by atoms with Crippen molar-refractivity contribution in [2.75, 3.05) is 0 Å². The van der Waals surface area contributed by atoms with Crippen LogP contribution in [0.4, 0.5) is 0 Å². The zero-order chi connectivity index (χ0) is 7.56. The summed E-state index contributed by atoms with van der Waals surface area (Å²) in [6.07, 6.45) is 0. The zero-order valence-corrected chi connectivity index (χ0v) is 10.6. The quantitative estimate of drug-likeness (QED) is 0.445. The van der Waals surface area contributed by atoms with Gasteiger partial charge in [-0.2, -0.15) is 0 Å². The van der Waals surface area contributed by atoms with Crippen molar-refractivity contribution in [3.8, 4) is 0 Å². The maximum absolute atomic E-state index is 10.3. The molecule has 0 bridgehead atoms. The Morgan fingerprint density at radius 2 is 1.55 bits per heavy atom. The Bertz CT molecular complexity index is 286. The van der Waals surface area contributed by atoms with E-state index in [1.54, 1.807) is 0 Å². The predicted molar refractivity (Wildman–Crippen MR) is 38.5 cm³/mol. The van der Waals surface area contributed by atoms with E-state index in [0.717, 1.165) is 0 Å². The van der Waals surface area contributed by atoms with Crippen LogP contribution < -0.4 is 51.4 Å². The van der Waals surface area contributed by atoms with Crippen molar-refractivity contribution in [1.82, 2.24) is 0 Å². The fourth-order valence-corrected chi connectivity index (χ4v) is 1.03. The van der Waals surface area contributed by atoms with Crippen molar-refractivity contribution in [2.24, 2.45) is 0 Å². The molecule has 0 radical (unpaired) electrons. The average molecular weight is 215 g/mol. The third-order valence-electron chi connectivity index (χ3n) is 1.01. The molecule has 0 aromatic heterocycles. The maximum Gasteiger partial charge on any atom is 1.00 e. The van der Waals surface area contributed by atoms with Gasteiger partial charge in [-0.15, -0.1) is 0 Å². The largest absolute Gasteiger partial charge is 1.00 e. The van der Waals surface area contributed by atoms with Crippen LogP contribution in [0.5, 0.6) is 0 Å². The van der Waals surface area contributed by atoms with Gasteiger partial charge in [0.05, 0.1) is 0 Å². The molecule has 0 spiro atoms. The standard InChI is InChI=1S/C6H4ClO2S.K/c7-5-1-3-6(4-2-5)10(8)9;/h1-4H;/q-1;+1. The van der Waals surface area contributed by atoms with Crippen LogP contribution >= 0.6 is 11.6 Å². The minimum Gasteiger partial charge on any atom is -0.420 e. The fraction of sp³-hybridized carbons (Fsp3) is 0. The zero-order valence-electron chi connectivity index (χ0n) is 5.91. The summed E-state index contributed by atoms with van der Waals surface area (Å²) in [7, 11) is -2.15. The Balaban J connectivity index is 0.000001000. The number of hydrogen-bond donors (Lipinski definition) is 0. The molecular weight excluding hydrogens is 211 g/mol. The first-order valence-corrected chi connectivity index (χ1v) is 4.00. The molecule has 0 amide bonds. The summed E-state index contributed by atoms with van der Waals surface area (Å²) >= 11 is 5.52. The summed E-state index contributed by atoms with van der Waals surface area (Å²) < 4.78 is 20.5. The molecule has 0 aliphatic heterocycles. The molecule has 0 heterocycles. The molecule has 1 rings (SSSR count). The van der Waals surface area contributed by atoms with Gasteiger partial charge in [0, 0.05) is 5.02 Å². The summed E-state index contributed by atoms with van der Waals surface area (Å²) in [5.74, 6) is 0. The Kier molecular flexibility index (Phi) is 6.26. The molecule has 54 valence electrons. The summed E-state index contributed by atoms with van der Waals surface area (Å²) in [5.41, 5.74) is 0. The third-order valence-corrected chi connectivity index (χ3v) is 1.92. The van der Waals surface area contributed by atoms with Gasteiger partial charge in [0.2, 0.25) is 0 Å². The molecule has 0 aliphatic rings. The second kappa shape index (κ2) is 5.69. The molecular formula is C6H4ClKO2S. The van der Waals surface area contributed by atoms with E-state index in [4.69, 9.17) is 11.6 Å². The molecule has 11 heavy (non-hydrogen) atoms. The smallest absolute Gasteiger partial charge is 0.420 e. The molecule has 0 unspecified atom stereocenters. The van der Waals surface area contributed by atoms with E-state index in [-0.39, 0.29) is 56.3 Å². The predicted octanol–water partition coefficient (Wildman–Crippen LogP) is -0.988. The van der Waals surface area contributed by atoms with Crippen molar-refractivity contribution in [1.29, 1.82) is 0 Å². The maximum atomic E-state index is 10.3. The normalized spacial score (nSPS) is 9.27. The number of benzene rings is 1. The topological polar surface area (TPSA) is 34.1 Å². The van der Waals surface area contributed by atoms with Crippen molar-refractivity contribution in [3.05, 3.63) is 29.3 Å². The van der Waals surface area contributed by atoms with Gasteiger partial charge < -0.3 is 8.42 Å². The molecule has 0 N–H and O–H groups in total. The van der Waals surface area contributed by atoms with Gasteiger partial charge in [0.1, 0.15) is 0 Å². The van der Waals surface area contributed by atoms with E-state index in [9.17, 15) is 8.42 Å². The SMILES string of the molecule is O=[S-](=O)c1ccc(Cl)cc1.[K+]. The molecule has 0 atom stereocenters. The Labute approximate surface area is 114 Å². The van der Waals surface area contributed by atoms with Crippen LogP contribution in [0, 0.1) is 0 Å². The van der Waals surface area contributed by atoms with Crippen LogP contribution in [0.3, 0.4) is 0 Å². The molecule has 0 fully saturated rings. The fourth-order valence-electron chi connectivity index (χ4n) is 0.546. The monoisotopic (exact) mass is 214 g/mol. The molecule has 0 saturated heterocycles. The van der Waals surface area contributed by atoms with Crippen LogP contribution in [0.25, 0.3) is 0 Å². The molecule has 5 heteroatoms.